The third-order valence-electron chi connectivity index (χ3n) is 4.29. The van der Waals surface area contributed by atoms with Crippen molar-refractivity contribution in [2.45, 2.75) is 51.1 Å². The molecule has 1 saturated carbocycles. The minimum absolute atomic E-state index is 0.153. The van der Waals surface area contributed by atoms with Gasteiger partial charge < -0.3 is 4.74 Å². The Kier molecular flexibility index (Phi) is 5.48. The molecule has 0 unspecified atom stereocenters. The molecule has 0 radical (unpaired) electrons. The van der Waals surface area contributed by atoms with Crippen molar-refractivity contribution in [3.63, 3.8) is 0 Å². The van der Waals surface area contributed by atoms with E-state index in [2.05, 4.69) is 0 Å². The maximum atomic E-state index is 12.8. The Morgan fingerprint density at radius 2 is 1.91 bits per heavy atom. The van der Waals surface area contributed by atoms with Gasteiger partial charge in [-0.2, -0.15) is 13.2 Å². The van der Waals surface area contributed by atoms with E-state index in [9.17, 15) is 18.0 Å². The standard InChI is InChI=1S/C17H21F3O2/c1-2-22-16(21)10-12-6-8-13(9-7-12)14-4-3-5-15(11-14)17(18,19)20/h3-5,11-13H,2,6-10H2,1H3. The van der Waals surface area contributed by atoms with E-state index >= 15 is 0 Å². The summed E-state index contributed by atoms with van der Waals surface area (Å²) in [5.74, 6) is 0.270. The van der Waals surface area contributed by atoms with Crippen LogP contribution >= 0.6 is 0 Å². The molecule has 0 bridgehead atoms. The van der Waals surface area contributed by atoms with Gasteiger partial charge in [-0.1, -0.05) is 18.2 Å². The van der Waals surface area contributed by atoms with E-state index < -0.39 is 11.7 Å². The Balaban J connectivity index is 1.93. The zero-order valence-electron chi connectivity index (χ0n) is 12.7. The summed E-state index contributed by atoms with van der Waals surface area (Å²) < 4.78 is 43.2. The van der Waals surface area contributed by atoms with Gasteiger partial charge >= 0.3 is 12.1 Å². The van der Waals surface area contributed by atoms with Crippen molar-refractivity contribution < 1.29 is 22.7 Å². The molecule has 2 rings (SSSR count). The minimum Gasteiger partial charge on any atom is -0.466 e. The van der Waals surface area contributed by atoms with Gasteiger partial charge in [0, 0.05) is 6.42 Å². The fourth-order valence-corrected chi connectivity index (χ4v) is 3.12. The first kappa shape index (κ1) is 16.8. The number of ether oxygens (including phenoxy) is 1. The first-order chi connectivity index (χ1) is 10.4. The lowest BCUT2D eigenvalue weighted by atomic mass is 9.77. The van der Waals surface area contributed by atoms with Crippen LogP contribution in [0.25, 0.3) is 0 Å². The second-order valence-corrected chi connectivity index (χ2v) is 5.85. The van der Waals surface area contributed by atoms with E-state index in [-0.39, 0.29) is 11.9 Å². The van der Waals surface area contributed by atoms with Gasteiger partial charge in [0.05, 0.1) is 12.2 Å². The molecule has 1 aliphatic carbocycles. The number of esters is 1. The predicted molar refractivity (Wildman–Crippen MR) is 77.4 cm³/mol. The van der Waals surface area contributed by atoms with Crippen molar-refractivity contribution in [3.05, 3.63) is 35.4 Å². The highest BCUT2D eigenvalue weighted by Crippen LogP contribution is 2.39. The lowest BCUT2D eigenvalue weighted by Gasteiger charge is -2.28. The summed E-state index contributed by atoms with van der Waals surface area (Å²) in [6.07, 6.45) is -0.503. The maximum absolute atomic E-state index is 12.8. The first-order valence-electron chi connectivity index (χ1n) is 7.73. The number of halogens is 3. The van der Waals surface area contributed by atoms with Crippen LogP contribution in [0.4, 0.5) is 13.2 Å². The summed E-state index contributed by atoms with van der Waals surface area (Å²) >= 11 is 0. The molecule has 0 aliphatic heterocycles. The van der Waals surface area contributed by atoms with Crippen molar-refractivity contribution in [1.82, 2.24) is 0 Å². The van der Waals surface area contributed by atoms with E-state index in [4.69, 9.17) is 4.74 Å². The van der Waals surface area contributed by atoms with Crippen molar-refractivity contribution >= 4 is 5.97 Å². The fraction of sp³-hybridized carbons (Fsp3) is 0.588. The highest BCUT2D eigenvalue weighted by molar-refractivity contribution is 5.69. The molecule has 0 heterocycles. The molecule has 2 nitrogen and oxygen atoms in total. The monoisotopic (exact) mass is 314 g/mol. The number of carbonyl (C=O) groups excluding carboxylic acids is 1. The molecule has 0 amide bonds. The largest absolute Gasteiger partial charge is 0.466 e. The van der Waals surface area contributed by atoms with E-state index in [0.717, 1.165) is 37.3 Å². The average molecular weight is 314 g/mol. The van der Waals surface area contributed by atoms with Crippen molar-refractivity contribution in [1.29, 1.82) is 0 Å². The van der Waals surface area contributed by atoms with Crippen molar-refractivity contribution in [2.24, 2.45) is 5.92 Å². The summed E-state index contributed by atoms with van der Waals surface area (Å²) in [5.41, 5.74) is 0.169. The highest BCUT2D eigenvalue weighted by Gasteiger charge is 2.31. The summed E-state index contributed by atoms with van der Waals surface area (Å²) in [5, 5.41) is 0. The van der Waals surface area contributed by atoms with Gasteiger partial charge in [0.2, 0.25) is 0 Å². The Bertz CT molecular complexity index is 503. The quantitative estimate of drug-likeness (QED) is 0.736. The number of rotatable bonds is 4. The summed E-state index contributed by atoms with van der Waals surface area (Å²) in [4.78, 5) is 11.5. The average Bonchev–Trinajstić information content (AvgIpc) is 2.47. The van der Waals surface area contributed by atoms with Crippen LogP contribution in [0.2, 0.25) is 0 Å². The molecular formula is C17H21F3O2. The molecule has 0 spiro atoms. The van der Waals surface area contributed by atoms with Crippen LogP contribution in [0.3, 0.4) is 0 Å². The fourth-order valence-electron chi connectivity index (χ4n) is 3.12. The second-order valence-electron chi connectivity index (χ2n) is 5.85. The zero-order valence-corrected chi connectivity index (χ0v) is 12.7. The molecule has 5 heteroatoms. The lowest BCUT2D eigenvalue weighted by molar-refractivity contribution is -0.144. The number of benzene rings is 1. The molecule has 0 aromatic heterocycles. The van der Waals surface area contributed by atoms with Crippen LogP contribution in [-0.4, -0.2) is 12.6 Å². The van der Waals surface area contributed by atoms with Gasteiger partial charge in [0.15, 0.2) is 0 Å². The van der Waals surface area contributed by atoms with Gasteiger partial charge in [0.25, 0.3) is 0 Å². The number of hydrogen-bond acceptors (Lipinski definition) is 2. The molecule has 0 N–H and O–H groups in total. The highest BCUT2D eigenvalue weighted by atomic mass is 19.4. The molecular weight excluding hydrogens is 293 g/mol. The van der Waals surface area contributed by atoms with E-state index in [1.807, 2.05) is 0 Å². The predicted octanol–water partition coefficient (Wildman–Crippen LogP) is 4.93. The Morgan fingerprint density at radius 3 is 2.50 bits per heavy atom. The summed E-state index contributed by atoms with van der Waals surface area (Å²) in [7, 11) is 0. The number of hydrogen-bond donors (Lipinski definition) is 0. The van der Waals surface area contributed by atoms with Gasteiger partial charge in [-0.25, -0.2) is 0 Å². The molecule has 122 valence electrons. The van der Waals surface area contributed by atoms with Crippen LogP contribution in [0.15, 0.2) is 24.3 Å². The number of carbonyl (C=O) groups is 1. The normalized spacial score (nSPS) is 22.4. The SMILES string of the molecule is CCOC(=O)CC1CCC(c2cccc(C(F)(F)F)c2)CC1. The number of alkyl halides is 3. The van der Waals surface area contributed by atoms with Crippen molar-refractivity contribution in [3.8, 4) is 0 Å². The van der Waals surface area contributed by atoms with Crippen LogP contribution < -0.4 is 0 Å². The van der Waals surface area contributed by atoms with Gasteiger partial charge in [-0.05, 0) is 56.1 Å². The molecule has 1 aliphatic rings. The third-order valence-corrected chi connectivity index (χ3v) is 4.29. The molecule has 22 heavy (non-hydrogen) atoms. The van der Waals surface area contributed by atoms with E-state index in [1.165, 1.54) is 12.1 Å². The van der Waals surface area contributed by atoms with Gasteiger partial charge in [-0.3, -0.25) is 4.79 Å². The molecule has 1 aromatic rings. The Hall–Kier alpha value is -1.52. The second kappa shape index (κ2) is 7.16. The Labute approximate surface area is 128 Å². The van der Waals surface area contributed by atoms with Crippen LogP contribution in [-0.2, 0) is 15.7 Å². The maximum Gasteiger partial charge on any atom is 0.416 e. The van der Waals surface area contributed by atoms with E-state index in [1.54, 1.807) is 13.0 Å². The molecule has 1 fully saturated rings. The zero-order chi connectivity index (χ0) is 16.2. The third kappa shape index (κ3) is 4.49. The molecule has 1 aromatic carbocycles. The Morgan fingerprint density at radius 1 is 1.23 bits per heavy atom. The molecule has 0 saturated heterocycles. The first-order valence-corrected chi connectivity index (χ1v) is 7.73. The van der Waals surface area contributed by atoms with Gasteiger partial charge in [-0.15, -0.1) is 0 Å². The topological polar surface area (TPSA) is 26.3 Å². The van der Waals surface area contributed by atoms with Gasteiger partial charge in [0.1, 0.15) is 0 Å². The van der Waals surface area contributed by atoms with E-state index in [0.29, 0.717) is 18.9 Å². The molecule has 0 atom stereocenters. The minimum atomic E-state index is -4.29. The van der Waals surface area contributed by atoms with Crippen LogP contribution in [0, 0.1) is 5.92 Å². The lowest BCUT2D eigenvalue weighted by Crippen LogP contribution is -2.18. The summed E-state index contributed by atoms with van der Waals surface area (Å²) in [6.45, 7) is 2.17. The summed E-state index contributed by atoms with van der Waals surface area (Å²) in [6, 6.07) is 5.61. The van der Waals surface area contributed by atoms with Crippen molar-refractivity contribution in [2.75, 3.05) is 6.61 Å². The smallest absolute Gasteiger partial charge is 0.416 e. The van der Waals surface area contributed by atoms with Crippen LogP contribution in [0.5, 0.6) is 0 Å². The van der Waals surface area contributed by atoms with Crippen LogP contribution in [0.1, 0.15) is 56.1 Å².